The van der Waals surface area contributed by atoms with Crippen molar-refractivity contribution < 1.29 is 14.3 Å². The molecule has 0 bridgehead atoms. The first-order valence-electron chi connectivity index (χ1n) is 5.98. The third kappa shape index (κ3) is 2.12. The SMILES string of the molecule is O=C1CC(CCl)CN1Cc1ccc2c(c1)OCO2. The zero-order chi connectivity index (χ0) is 12.5. The van der Waals surface area contributed by atoms with Gasteiger partial charge in [-0.25, -0.2) is 0 Å². The molecular weight excluding hydrogens is 254 g/mol. The highest BCUT2D eigenvalue weighted by atomic mass is 35.5. The van der Waals surface area contributed by atoms with Crippen LogP contribution >= 0.6 is 11.6 Å². The number of amides is 1. The number of carbonyl (C=O) groups is 1. The molecule has 1 aromatic rings. The van der Waals surface area contributed by atoms with Crippen molar-refractivity contribution in [3.8, 4) is 11.5 Å². The lowest BCUT2D eigenvalue weighted by atomic mass is 10.1. The van der Waals surface area contributed by atoms with Crippen molar-refractivity contribution in [2.45, 2.75) is 13.0 Å². The number of benzene rings is 1. The number of nitrogens with zero attached hydrogens (tertiary/aromatic N) is 1. The number of hydrogen-bond donors (Lipinski definition) is 0. The van der Waals surface area contributed by atoms with Crippen LogP contribution in [0.1, 0.15) is 12.0 Å². The smallest absolute Gasteiger partial charge is 0.231 e. The van der Waals surface area contributed by atoms with Crippen molar-refractivity contribution in [3.05, 3.63) is 23.8 Å². The lowest BCUT2D eigenvalue weighted by Gasteiger charge is -2.16. The van der Waals surface area contributed by atoms with Crippen LogP contribution in [0.25, 0.3) is 0 Å². The van der Waals surface area contributed by atoms with Crippen LogP contribution in [0, 0.1) is 5.92 Å². The minimum atomic E-state index is 0.179. The second-order valence-electron chi connectivity index (χ2n) is 4.69. The van der Waals surface area contributed by atoms with Gasteiger partial charge in [0.2, 0.25) is 12.7 Å². The number of alkyl halides is 1. The minimum Gasteiger partial charge on any atom is -0.454 e. The molecule has 3 rings (SSSR count). The number of hydrogen-bond acceptors (Lipinski definition) is 3. The summed E-state index contributed by atoms with van der Waals surface area (Å²) in [5.41, 5.74) is 1.06. The van der Waals surface area contributed by atoms with Gasteiger partial charge in [-0.2, -0.15) is 0 Å². The molecule has 1 aromatic carbocycles. The summed E-state index contributed by atoms with van der Waals surface area (Å²) in [6.07, 6.45) is 0.564. The summed E-state index contributed by atoms with van der Waals surface area (Å²) in [7, 11) is 0. The predicted octanol–water partition coefficient (Wildman–Crippen LogP) is 2.00. The summed E-state index contributed by atoms with van der Waals surface area (Å²) in [5, 5.41) is 0. The minimum absolute atomic E-state index is 0.179. The molecular formula is C13H14ClNO3. The van der Waals surface area contributed by atoms with Crippen LogP contribution in [-0.4, -0.2) is 30.0 Å². The van der Waals surface area contributed by atoms with Crippen LogP contribution in [0.2, 0.25) is 0 Å². The van der Waals surface area contributed by atoms with Crippen LogP contribution in [0.5, 0.6) is 11.5 Å². The topological polar surface area (TPSA) is 38.8 Å². The van der Waals surface area contributed by atoms with Crippen molar-refractivity contribution in [3.63, 3.8) is 0 Å². The summed E-state index contributed by atoms with van der Waals surface area (Å²) < 4.78 is 10.6. The van der Waals surface area contributed by atoms with Gasteiger partial charge in [0.25, 0.3) is 0 Å². The number of rotatable bonds is 3. The third-order valence-corrected chi connectivity index (χ3v) is 3.76. The molecule has 0 aromatic heterocycles. The van der Waals surface area contributed by atoms with Gasteiger partial charge >= 0.3 is 0 Å². The Hall–Kier alpha value is -1.42. The van der Waals surface area contributed by atoms with E-state index in [0.29, 0.717) is 18.8 Å². The lowest BCUT2D eigenvalue weighted by Crippen LogP contribution is -2.24. The third-order valence-electron chi connectivity index (χ3n) is 3.32. The molecule has 0 saturated carbocycles. The van der Waals surface area contributed by atoms with Gasteiger partial charge in [0.1, 0.15) is 0 Å². The molecule has 18 heavy (non-hydrogen) atoms. The van der Waals surface area contributed by atoms with E-state index >= 15 is 0 Å². The van der Waals surface area contributed by atoms with Gasteiger partial charge in [0, 0.05) is 25.4 Å². The molecule has 1 saturated heterocycles. The Morgan fingerprint density at radius 1 is 1.33 bits per heavy atom. The van der Waals surface area contributed by atoms with E-state index in [1.54, 1.807) is 0 Å². The highest BCUT2D eigenvalue weighted by Gasteiger charge is 2.29. The Bertz CT molecular complexity index is 477. The maximum atomic E-state index is 11.8. The van der Waals surface area contributed by atoms with Gasteiger partial charge < -0.3 is 14.4 Å². The number of likely N-dealkylation sites (tertiary alicyclic amines) is 1. The normalized spacial score (nSPS) is 21.7. The van der Waals surface area contributed by atoms with E-state index in [1.807, 2.05) is 23.1 Å². The lowest BCUT2D eigenvalue weighted by molar-refractivity contribution is -0.128. The van der Waals surface area contributed by atoms with E-state index in [4.69, 9.17) is 21.1 Å². The van der Waals surface area contributed by atoms with Crippen molar-refractivity contribution in [1.82, 2.24) is 4.90 Å². The maximum Gasteiger partial charge on any atom is 0.231 e. The van der Waals surface area contributed by atoms with Crippen LogP contribution in [-0.2, 0) is 11.3 Å². The number of halogens is 1. The van der Waals surface area contributed by atoms with Gasteiger partial charge in [0.15, 0.2) is 11.5 Å². The molecule has 0 aliphatic carbocycles. The van der Waals surface area contributed by atoms with Crippen LogP contribution in [0.3, 0.4) is 0 Å². The fourth-order valence-electron chi connectivity index (χ4n) is 2.37. The van der Waals surface area contributed by atoms with E-state index in [1.165, 1.54) is 0 Å². The number of fused-ring (bicyclic) bond motifs is 1. The van der Waals surface area contributed by atoms with Gasteiger partial charge in [-0.1, -0.05) is 6.07 Å². The highest BCUT2D eigenvalue weighted by molar-refractivity contribution is 6.18. The number of carbonyl (C=O) groups excluding carboxylic acids is 1. The molecule has 5 heteroatoms. The fourth-order valence-corrected chi connectivity index (χ4v) is 2.58. The second-order valence-corrected chi connectivity index (χ2v) is 4.99. The quantitative estimate of drug-likeness (QED) is 0.787. The van der Waals surface area contributed by atoms with Gasteiger partial charge in [-0.3, -0.25) is 4.79 Å². The zero-order valence-electron chi connectivity index (χ0n) is 9.89. The molecule has 4 nitrogen and oxygen atoms in total. The van der Waals surface area contributed by atoms with Crippen molar-refractivity contribution in [2.75, 3.05) is 19.2 Å². The molecule has 1 fully saturated rings. The first-order valence-corrected chi connectivity index (χ1v) is 6.52. The van der Waals surface area contributed by atoms with Crippen molar-refractivity contribution in [2.24, 2.45) is 5.92 Å². The predicted molar refractivity (Wildman–Crippen MR) is 66.8 cm³/mol. The second kappa shape index (κ2) is 4.69. The van der Waals surface area contributed by atoms with Crippen LogP contribution in [0.15, 0.2) is 18.2 Å². The molecule has 0 radical (unpaired) electrons. The molecule has 1 unspecified atom stereocenters. The summed E-state index contributed by atoms with van der Waals surface area (Å²) in [5.74, 6) is 2.54. The van der Waals surface area contributed by atoms with E-state index in [9.17, 15) is 4.79 Å². The Morgan fingerprint density at radius 2 is 2.17 bits per heavy atom. The summed E-state index contributed by atoms with van der Waals surface area (Å²) in [4.78, 5) is 13.6. The van der Waals surface area contributed by atoms with Crippen LogP contribution < -0.4 is 9.47 Å². The molecule has 2 aliphatic heterocycles. The molecule has 0 spiro atoms. The first kappa shape index (κ1) is 11.7. The van der Waals surface area contributed by atoms with Crippen molar-refractivity contribution in [1.29, 1.82) is 0 Å². The van der Waals surface area contributed by atoms with E-state index in [2.05, 4.69) is 0 Å². The molecule has 1 atom stereocenters. The average Bonchev–Trinajstić information content (AvgIpc) is 2.96. The van der Waals surface area contributed by atoms with Gasteiger partial charge in [0.05, 0.1) is 0 Å². The Labute approximate surface area is 110 Å². The van der Waals surface area contributed by atoms with Crippen molar-refractivity contribution >= 4 is 17.5 Å². The standard InChI is InChI=1S/C13H14ClNO3/c14-5-10-4-13(16)15(7-10)6-9-1-2-11-12(3-9)18-8-17-11/h1-3,10H,4-8H2. The fraction of sp³-hybridized carbons (Fsp3) is 0.462. The van der Waals surface area contributed by atoms with E-state index in [-0.39, 0.29) is 18.6 Å². The Balaban J connectivity index is 1.71. The zero-order valence-corrected chi connectivity index (χ0v) is 10.7. The van der Waals surface area contributed by atoms with E-state index < -0.39 is 0 Å². The monoisotopic (exact) mass is 267 g/mol. The molecule has 0 N–H and O–H groups in total. The van der Waals surface area contributed by atoms with E-state index in [0.717, 1.165) is 23.6 Å². The summed E-state index contributed by atoms with van der Waals surface area (Å²) >= 11 is 5.80. The molecule has 2 heterocycles. The molecule has 96 valence electrons. The van der Waals surface area contributed by atoms with Crippen LogP contribution in [0.4, 0.5) is 0 Å². The van der Waals surface area contributed by atoms with Gasteiger partial charge in [-0.05, 0) is 23.6 Å². The highest BCUT2D eigenvalue weighted by Crippen LogP contribution is 2.33. The molecule has 1 amide bonds. The number of ether oxygens (including phenoxy) is 2. The summed E-state index contributed by atoms with van der Waals surface area (Å²) in [6.45, 7) is 1.63. The Kier molecular flexibility index (Phi) is 3.04. The average molecular weight is 268 g/mol. The molecule has 2 aliphatic rings. The van der Waals surface area contributed by atoms with Gasteiger partial charge in [-0.15, -0.1) is 11.6 Å². The summed E-state index contributed by atoms with van der Waals surface area (Å²) in [6, 6.07) is 5.79. The Morgan fingerprint density at radius 3 is 2.94 bits per heavy atom. The largest absolute Gasteiger partial charge is 0.454 e. The maximum absolute atomic E-state index is 11.8. The first-order chi connectivity index (χ1) is 8.76.